The summed E-state index contributed by atoms with van der Waals surface area (Å²) in [7, 11) is 0. The summed E-state index contributed by atoms with van der Waals surface area (Å²) in [5.41, 5.74) is 7.33. The lowest BCUT2D eigenvalue weighted by Gasteiger charge is -2.09. The Bertz CT molecular complexity index is 305. The molecule has 0 fully saturated rings. The zero-order valence-corrected chi connectivity index (χ0v) is 8.50. The van der Waals surface area contributed by atoms with Crippen molar-refractivity contribution in [3.63, 3.8) is 0 Å². The van der Waals surface area contributed by atoms with Gasteiger partial charge in [0.15, 0.2) is 0 Å². The summed E-state index contributed by atoms with van der Waals surface area (Å²) < 4.78 is 0. The highest BCUT2D eigenvalue weighted by atomic mass is 35.5. The minimum Gasteiger partial charge on any atom is -0.396 e. The molecule has 1 aromatic rings. The largest absolute Gasteiger partial charge is 0.396 e. The molecule has 0 spiro atoms. The second-order valence-corrected chi connectivity index (χ2v) is 2.85. The highest BCUT2D eigenvalue weighted by Crippen LogP contribution is 2.13. The van der Waals surface area contributed by atoms with E-state index in [1.165, 1.54) is 0 Å². The Hall–Kier alpha value is -1.08. The van der Waals surface area contributed by atoms with Crippen molar-refractivity contribution in [2.24, 2.45) is 5.73 Å². The van der Waals surface area contributed by atoms with Gasteiger partial charge in [0.1, 0.15) is 0 Å². The maximum absolute atomic E-state index is 8.67. The number of nitriles is 1. The summed E-state index contributed by atoms with van der Waals surface area (Å²) in [5, 5.41) is 17.2. The van der Waals surface area contributed by atoms with Crippen molar-refractivity contribution in [2.75, 3.05) is 6.61 Å². The molecular weight excluding hydrogens is 200 g/mol. The Balaban J connectivity index is 0.00000169. The van der Waals surface area contributed by atoms with E-state index < -0.39 is 0 Å². The maximum Gasteiger partial charge on any atom is 0.0991 e. The average Bonchev–Trinajstić information content (AvgIpc) is 2.18. The molecule has 0 aliphatic carbocycles. The van der Waals surface area contributed by atoms with Crippen LogP contribution < -0.4 is 5.73 Å². The van der Waals surface area contributed by atoms with E-state index in [0.29, 0.717) is 12.0 Å². The van der Waals surface area contributed by atoms with Crippen LogP contribution in [0.2, 0.25) is 0 Å². The minimum absolute atomic E-state index is 0. The van der Waals surface area contributed by atoms with E-state index in [4.69, 9.17) is 16.1 Å². The SMILES string of the molecule is Cl.N#Cc1ccc(C(N)CCO)cc1. The summed E-state index contributed by atoms with van der Waals surface area (Å²) in [6.07, 6.45) is 0.548. The van der Waals surface area contributed by atoms with Gasteiger partial charge in [-0.25, -0.2) is 0 Å². The molecule has 3 N–H and O–H groups in total. The van der Waals surface area contributed by atoms with Crippen molar-refractivity contribution in [1.82, 2.24) is 0 Å². The lowest BCUT2D eigenvalue weighted by atomic mass is 10.0. The Labute approximate surface area is 89.6 Å². The van der Waals surface area contributed by atoms with E-state index >= 15 is 0 Å². The molecule has 76 valence electrons. The molecule has 0 radical (unpaired) electrons. The molecule has 0 saturated heterocycles. The Morgan fingerprint density at radius 1 is 1.36 bits per heavy atom. The number of halogens is 1. The van der Waals surface area contributed by atoms with Crippen molar-refractivity contribution in [3.8, 4) is 6.07 Å². The summed E-state index contributed by atoms with van der Waals surface area (Å²) in [4.78, 5) is 0. The van der Waals surface area contributed by atoms with Gasteiger partial charge in [-0.1, -0.05) is 12.1 Å². The molecule has 0 heterocycles. The summed E-state index contributed by atoms with van der Waals surface area (Å²) >= 11 is 0. The normalized spacial score (nSPS) is 11.2. The fourth-order valence-corrected chi connectivity index (χ4v) is 1.11. The quantitative estimate of drug-likeness (QED) is 0.795. The summed E-state index contributed by atoms with van der Waals surface area (Å²) in [6, 6.07) is 8.99. The van der Waals surface area contributed by atoms with Gasteiger partial charge in [0.2, 0.25) is 0 Å². The number of nitrogens with zero attached hydrogens (tertiary/aromatic N) is 1. The number of rotatable bonds is 3. The second kappa shape index (κ2) is 6.39. The van der Waals surface area contributed by atoms with Gasteiger partial charge in [0.05, 0.1) is 11.6 Å². The predicted octanol–water partition coefficient (Wildman–Crippen LogP) is 1.36. The zero-order chi connectivity index (χ0) is 9.68. The molecule has 1 unspecified atom stereocenters. The first-order valence-electron chi connectivity index (χ1n) is 4.14. The van der Waals surface area contributed by atoms with E-state index in [0.717, 1.165) is 5.56 Å². The Morgan fingerprint density at radius 3 is 2.36 bits per heavy atom. The van der Waals surface area contributed by atoms with Crippen LogP contribution in [0.15, 0.2) is 24.3 Å². The third-order valence-electron chi connectivity index (χ3n) is 1.91. The van der Waals surface area contributed by atoms with Crippen LogP contribution >= 0.6 is 12.4 Å². The first-order valence-corrected chi connectivity index (χ1v) is 4.14. The third-order valence-corrected chi connectivity index (χ3v) is 1.91. The highest BCUT2D eigenvalue weighted by molar-refractivity contribution is 5.85. The number of hydrogen-bond acceptors (Lipinski definition) is 3. The number of aliphatic hydroxyl groups excluding tert-OH is 1. The van der Waals surface area contributed by atoms with E-state index in [9.17, 15) is 0 Å². The fraction of sp³-hybridized carbons (Fsp3) is 0.300. The van der Waals surface area contributed by atoms with Crippen LogP contribution in [0.5, 0.6) is 0 Å². The van der Waals surface area contributed by atoms with Gasteiger partial charge in [0, 0.05) is 12.6 Å². The molecule has 0 amide bonds. The predicted molar refractivity (Wildman–Crippen MR) is 57.0 cm³/mol. The molecule has 3 nitrogen and oxygen atoms in total. The van der Waals surface area contributed by atoms with E-state index in [1.807, 2.05) is 18.2 Å². The lowest BCUT2D eigenvalue weighted by molar-refractivity contribution is 0.276. The highest BCUT2D eigenvalue weighted by Gasteiger charge is 2.03. The Morgan fingerprint density at radius 2 is 1.93 bits per heavy atom. The third kappa shape index (κ3) is 3.35. The maximum atomic E-state index is 8.67. The van der Waals surface area contributed by atoms with Crippen molar-refractivity contribution < 1.29 is 5.11 Å². The van der Waals surface area contributed by atoms with E-state index in [2.05, 4.69) is 0 Å². The number of benzene rings is 1. The average molecular weight is 213 g/mol. The lowest BCUT2D eigenvalue weighted by Crippen LogP contribution is -2.11. The molecule has 0 aliphatic rings. The van der Waals surface area contributed by atoms with E-state index in [1.54, 1.807) is 12.1 Å². The van der Waals surface area contributed by atoms with Gasteiger partial charge >= 0.3 is 0 Å². The van der Waals surface area contributed by atoms with Gasteiger partial charge in [-0.3, -0.25) is 0 Å². The molecule has 1 aromatic carbocycles. The molecule has 4 heteroatoms. The van der Waals surface area contributed by atoms with Crippen molar-refractivity contribution >= 4 is 12.4 Å². The smallest absolute Gasteiger partial charge is 0.0991 e. The van der Waals surface area contributed by atoms with Crippen LogP contribution in [-0.2, 0) is 0 Å². The Kier molecular flexibility index (Phi) is 5.89. The standard InChI is InChI=1S/C10H12N2O.ClH/c11-7-8-1-3-9(4-2-8)10(12)5-6-13;/h1-4,10,13H,5-6,12H2;1H. The van der Waals surface area contributed by atoms with Gasteiger partial charge < -0.3 is 10.8 Å². The molecule has 0 aromatic heterocycles. The van der Waals surface area contributed by atoms with Gasteiger partial charge in [-0.05, 0) is 24.1 Å². The fourth-order valence-electron chi connectivity index (χ4n) is 1.11. The second-order valence-electron chi connectivity index (χ2n) is 2.85. The first kappa shape index (κ1) is 12.9. The summed E-state index contributed by atoms with van der Waals surface area (Å²) in [6.45, 7) is 0.0845. The van der Waals surface area contributed by atoms with Crippen molar-refractivity contribution in [2.45, 2.75) is 12.5 Å². The van der Waals surface area contributed by atoms with Crippen molar-refractivity contribution in [3.05, 3.63) is 35.4 Å². The molecule has 14 heavy (non-hydrogen) atoms. The monoisotopic (exact) mass is 212 g/mol. The zero-order valence-electron chi connectivity index (χ0n) is 7.68. The van der Waals surface area contributed by atoms with Crippen LogP contribution in [0, 0.1) is 11.3 Å². The van der Waals surface area contributed by atoms with Crippen LogP contribution in [0.25, 0.3) is 0 Å². The van der Waals surface area contributed by atoms with Crippen LogP contribution in [0.3, 0.4) is 0 Å². The van der Waals surface area contributed by atoms with Crippen LogP contribution in [-0.4, -0.2) is 11.7 Å². The molecule has 0 saturated carbocycles. The van der Waals surface area contributed by atoms with Gasteiger partial charge in [-0.2, -0.15) is 5.26 Å². The minimum atomic E-state index is -0.141. The van der Waals surface area contributed by atoms with Gasteiger partial charge in [0.25, 0.3) is 0 Å². The van der Waals surface area contributed by atoms with Crippen LogP contribution in [0.4, 0.5) is 0 Å². The topological polar surface area (TPSA) is 70.0 Å². The molecule has 1 rings (SSSR count). The number of hydrogen-bond donors (Lipinski definition) is 2. The van der Waals surface area contributed by atoms with Gasteiger partial charge in [-0.15, -0.1) is 12.4 Å². The molecule has 0 aliphatic heterocycles. The van der Waals surface area contributed by atoms with E-state index in [-0.39, 0.29) is 25.1 Å². The van der Waals surface area contributed by atoms with Crippen LogP contribution in [0.1, 0.15) is 23.6 Å². The first-order chi connectivity index (χ1) is 6.27. The molecular formula is C10H13ClN2O. The molecule has 1 atom stereocenters. The summed E-state index contributed by atoms with van der Waals surface area (Å²) in [5.74, 6) is 0. The number of aliphatic hydroxyl groups is 1. The number of nitrogens with two attached hydrogens (primary N) is 1. The molecule has 0 bridgehead atoms. The van der Waals surface area contributed by atoms with Crippen molar-refractivity contribution in [1.29, 1.82) is 5.26 Å².